The third-order valence-electron chi connectivity index (χ3n) is 1.93. The van der Waals surface area contributed by atoms with Gasteiger partial charge in [-0.2, -0.15) is 0 Å². The van der Waals surface area contributed by atoms with Crippen LogP contribution in [0.1, 0.15) is 0 Å². The molecule has 0 amide bonds. The number of hydrogen-bond donors (Lipinski definition) is 1. The van der Waals surface area contributed by atoms with E-state index in [1.54, 1.807) is 23.9 Å². The lowest BCUT2D eigenvalue weighted by atomic mass is 10.3. The van der Waals surface area contributed by atoms with Gasteiger partial charge < -0.3 is 5.73 Å². The van der Waals surface area contributed by atoms with Crippen molar-refractivity contribution in [2.45, 2.75) is 9.79 Å². The molecule has 2 rings (SSSR count). The first-order valence-electron chi connectivity index (χ1n) is 4.53. The van der Waals surface area contributed by atoms with Crippen LogP contribution in [0.15, 0.2) is 58.3 Å². The molecular weight excluding hydrogens is 209 g/mol. The van der Waals surface area contributed by atoms with E-state index < -0.39 is 0 Å². The van der Waals surface area contributed by atoms with Gasteiger partial charge in [0.1, 0.15) is 5.82 Å². The Morgan fingerprint density at radius 3 is 1.80 bits per heavy atom. The van der Waals surface area contributed by atoms with Crippen LogP contribution in [0.4, 0.5) is 10.1 Å². The Labute approximate surface area is 92.1 Å². The van der Waals surface area contributed by atoms with Crippen LogP contribution < -0.4 is 5.73 Å². The van der Waals surface area contributed by atoms with Crippen molar-refractivity contribution in [1.82, 2.24) is 0 Å². The number of nitrogen functional groups attached to an aromatic ring is 1. The Kier molecular flexibility index (Phi) is 2.92. The zero-order valence-corrected chi connectivity index (χ0v) is 8.80. The van der Waals surface area contributed by atoms with Crippen molar-refractivity contribution in [1.29, 1.82) is 0 Å². The van der Waals surface area contributed by atoms with Gasteiger partial charge in [-0.1, -0.05) is 11.8 Å². The van der Waals surface area contributed by atoms with Gasteiger partial charge in [0.15, 0.2) is 0 Å². The minimum atomic E-state index is -0.211. The Bertz CT molecular complexity index is 393. The summed E-state index contributed by atoms with van der Waals surface area (Å²) in [4.78, 5) is 2.11. The molecule has 2 aromatic rings. The summed E-state index contributed by atoms with van der Waals surface area (Å²) < 4.78 is 12.7. The van der Waals surface area contributed by atoms with Crippen LogP contribution in [0.25, 0.3) is 0 Å². The van der Waals surface area contributed by atoms with Gasteiger partial charge in [-0.25, -0.2) is 4.39 Å². The second kappa shape index (κ2) is 4.36. The molecule has 0 spiro atoms. The van der Waals surface area contributed by atoms with Crippen LogP contribution in [-0.2, 0) is 0 Å². The summed E-state index contributed by atoms with van der Waals surface area (Å²) in [5, 5.41) is 0. The molecule has 0 aliphatic carbocycles. The molecule has 1 nitrogen and oxygen atoms in total. The first kappa shape index (κ1) is 10.1. The lowest BCUT2D eigenvalue weighted by Gasteiger charge is -2.01. The van der Waals surface area contributed by atoms with E-state index in [2.05, 4.69) is 0 Å². The Morgan fingerprint density at radius 1 is 0.800 bits per heavy atom. The number of nitrogens with two attached hydrogens (primary N) is 1. The fraction of sp³-hybridized carbons (Fsp3) is 0. The van der Waals surface area contributed by atoms with E-state index in [4.69, 9.17) is 5.73 Å². The van der Waals surface area contributed by atoms with E-state index in [1.807, 2.05) is 24.3 Å². The lowest BCUT2D eigenvalue weighted by Crippen LogP contribution is -1.82. The molecule has 0 fully saturated rings. The topological polar surface area (TPSA) is 26.0 Å². The third-order valence-corrected chi connectivity index (χ3v) is 2.95. The molecule has 2 N–H and O–H groups in total. The largest absolute Gasteiger partial charge is 0.399 e. The van der Waals surface area contributed by atoms with E-state index in [0.717, 1.165) is 15.5 Å². The van der Waals surface area contributed by atoms with E-state index in [1.165, 1.54) is 12.1 Å². The number of hydrogen-bond acceptors (Lipinski definition) is 2. The minimum Gasteiger partial charge on any atom is -0.399 e. The molecule has 0 heterocycles. The average Bonchev–Trinajstić information content (AvgIpc) is 2.25. The van der Waals surface area contributed by atoms with Gasteiger partial charge in [0.25, 0.3) is 0 Å². The van der Waals surface area contributed by atoms with E-state index >= 15 is 0 Å². The molecule has 0 aliphatic rings. The highest BCUT2D eigenvalue weighted by Crippen LogP contribution is 2.27. The van der Waals surface area contributed by atoms with Gasteiger partial charge in [-0.3, -0.25) is 0 Å². The van der Waals surface area contributed by atoms with Crippen molar-refractivity contribution in [3.63, 3.8) is 0 Å². The second-order valence-electron chi connectivity index (χ2n) is 3.13. The Morgan fingerprint density at radius 2 is 1.27 bits per heavy atom. The van der Waals surface area contributed by atoms with Crippen molar-refractivity contribution < 1.29 is 4.39 Å². The zero-order valence-electron chi connectivity index (χ0n) is 7.98. The van der Waals surface area contributed by atoms with Crippen molar-refractivity contribution in [2.24, 2.45) is 0 Å². The number of rotatable bonds is 2. The average molecular weight is 219 g/mol. The van der Waals surface area contributed by atoms with Crippen molar-refractivity contribution >= 4 is 17.4 Å². The molecule has 0 aromatic heterocycles. The van der Waals surface area contributed by atoms with Crippen LogP contribution in [0.2, 0.25) is 0 Å². The summed E-state index contributed by atoms with van der Waals surface area (Å²) in [5.41, 5.74) is 6.33. The summed E-state index contributed by atoms with van der Waals surface area (Å²) in [6.45, 7) is 0. The highest BCUT2D eigenvalue weighted by Gasteiger charge is 1.97. The third kappa shape index (κ3) is 2.73. The summed E-state index contributed by atoms with van der Waals surface area (Å²) >= 11 is 1.58. The number of anilines is 1. The summed E-state index contributed by atoms with van der Waals surface area (Å²) in [6, 6.07) is 14.0. The first-order chi connectivity index (χ1) is 7.24. The lowest BCUT2D eigenvalue weighted by molar-refractivity contribution is 0.626. The molecule has 0 radical (unpaired) electrons. The SMILES string of the molecule is Nc1ccc(Sc2ccc(F)cc2)cc1. The molecule has 15 heavy (non-hydrogen) atoms. The maximum absolute atomic E-state index is 12.7. The number of halogens is 1. The van der Waals surface area contributed by atoms with Crippen LogP contribution in [0, 0.1) is 5.82 Å². The van der Waals surface area contributed by atoms with E-state index in [0.29, 0.717) is 0 Å². The monoisotopic (exact) mass is 219 g/mol. The second-order valence-corrected chi connectivity index (χ2v) is 4.27. The summed E-state index contributed by atoms with van der Waals surface area (Å²) in [7, 11) is 0. The van der Waals surface area contributed by atoms with Gasteiger partial charge in [0, 0.05) is 15.5 Å². The first-order valence-corrected chi connectivity index (χ1v) is 5.35. The predicted molar refractivity (Wildman–Crippen MR) is 61.4 cm³/mol. The molecule has 3 heteroatoms. The fourth-order valence-corrected chi connectivity index (χ4v) is 1.99. The molecule has 76 valence electrons. The summed E-state index contributed by atoms with van der Waals surface area (Å²) in [5.74, 6) is -0.211. The van der Waals surface area contributed by atoms with E-state index in [9.17, 15) is 4.39 Å². The van der Waals surface area contributed by atoms with Gasteiger partial charge in [0.05, 0.1) is 0 Å². The van der Waals surface area contributed by atoms with Gasteiger partial charge in [0.2, 0.25) is 0 Å². The Hall–Kier alpha value is -1.48. The van der Waals surface area contributed by atoms with Crippen LogP contribution in [-0.4, -0.2) is 0 Å². The molecule has 0 aliphatic heterocycles. The van der Waals surface area contributed by atoms with Crippen LogP contribution >= 0.6 is 11.8 Å². The molecule has 0 atom stereocenters. The highest BCUT2D eigenvalue weighted by atomic mass is 32.2. The van der Waals surface area contributed by atoms with Crippen LogP contribution in [0.5, 0.6) is 0 Å². The zero-order chi connectivity index (χ0) is 10.7. The van der Waals surface area contributed by atoms with Crippen molar-refractivity contribution in [2.75, 3.05) is 5.73 Å². The Balaban J connectivity index is 2.15. The standard InChI is InChI=1S/C12H10FNS/c13-9-1-5-11(6-2-9)15-12-7-3-10(14)4-8-12/h1-8H,14H2. The maximum Gasteiger partial charge on any atom is 0.123 e. The van der Waals surface area contributed by atoms with E-state index in [-0.39, 0.29) is 5.82 Å². The predicted octanol–water partition coefficient (Wildman–Crippen LogP) is 3.56. The van der Waals surface area contributed by atoms with Crippen molar-refractivity contribution in [3.8, 4) is 0 Å². The van der Waals surface area contributed by atoms with Gasteiger partial charge in [-0.15, -0.1) is 0 Å². The number of benzene rings is 2. The molecule has 0 saturated heterocycles. The fourth-order valence-electron chi connectivity index (χ4n) is 1.17. The van der Waals surface area contributed by atoms with Gasteiger partial charge >= 0.3 is 0 Å². The normalized spacial score (nSPS) is 10.2. The molecule has 0 bridgehead atoms. The highest BCUT2D eigenvalue weighted by molar-refractivity contribution is 7.99. The summed E-state index contributed by atoms with van der Waals surface area (Å²) in [6.07, 6.45) is 0. The van der Waals surface area contributed by atoms with Gasteiger partial charge in [-0.05, 0) is 48.5 Å². The minimum absolute atomic E-state index is 0.211. The van der Waals surface area contributed by atoms with Crippen LogP contribution in [0.3, 0.4) is 0 Å². The smallest absolute Gasteiger partial charge is 0.123 e. The van der Waals surface area contributed by atoms with Crippen molar-refractivity contribution in [3.05, 3.63) is 54.3 Å². The molecular formula is C12H10FNS. The quantitative estimate of drug-likeness (QED) is 0.781. The molecule has 0 saturated carbocycles. The maximum atomic E-state index is 12.7. The molecule has 2 aromatic carbocycles. The molecule has 0 unspecified atom stereocenters.